The van der Waals surface area contributed by atoms with Gasteiger partial charge in [0.15, 0.2) is 0 Å². The summed E-state index contributed by atoms with van der Waals surface area (Å²) in [6.07, 6.45) is 4.77. The zero-order chi connectivity index (χ0) is 13.8. The molecule has 1 aliphatic rings. The highest BCUT2D eigenvalue weighted by atomic mass is 16.2. The van der Waals surface area contributed by atoms with Crippen molar-refractivity contribution in [3.05, 3.63) is 53.1 Å². The molecule has 0 aliphatic carbocycles. The molecule has 1 aromatic rings. The summed E-state index contributed by atoms with van der Waals surface area (Å²) in [5.41, 5.74) is 1.99. The number of allylic oxidation sites excluding steroid dienone is 2. The van der Waals surface area contributed by atoms with Gasteiger partial charge in [-0.05, 0) is 24.1 Å². The van der Waals surface area contributed by atoms with Crippen LogP contribution in [0.1, 0.15) is 11.1 Å². The lowest BCUT2D eigenvalue weighted by Crippen LogP contribution is -2.51. The van der Waals surface area contributed by atoms with Crippen molar-refractivity contribution in [2.45, 2.75) is 6.92 Å². The number of rotatable bonds is 2. The molecule has 0 bridgehead atoms. The van der Waals surface area contributed by atoms with E-state index >= 15 is 0 Å². The van der Waals surface area contributed by atoms with Gasteiger partial charge in [-0.15, -0.1) is 0 Å². The summed E-state index contributed by atoms with van der Waals surface area (Å²) >= 11 is 0. The predicted molar refractivity (Wildman–Crippen MR) is 70.0 cm³/mol. The Bertz CT molecular complexity index is 593. The highest BCUT2D eigenvalue weighted by molar-refractivity contribution is 6.29. The molecular formula is C14H12N2O3. The van der Waals surface area contributed by atoms with E-state index in [0.29, 0.717) is 0 Å². The van der Waals surface area contributed by atoms with E-state index in [1.54, 1.807) is 12.2 Å². The molecule has 1 aromatic carbocycles. The summed E-state index contributed by atoms with van der Waals surface area (Å²) in [4.78, 5) is 33.7. The van der Waals surface area contributed by atoms with Gasteiger partial charge in [0, 0.05) is 0 Å². The minimum Gasteiger partial charge on any atom is -0.273 e. The Morgan fingerprint density at radius 2 is 1.63 bits per heavy atom. The predicted octanol–water partition coefficient (Wildman–Crippen LogP) is 1.30. The summed E-state index contributed by atoms with van der Waals surface area (Å²) < 4.78 is 0. The topological polar surface area (TPSA) is 75.3 Å². The smallest absolute Gasteiger partial charge is 0.273 e. The molecular weight excluding hydrogens is 244 g/mol. The molecule has 1 saturated heterocycles. The Morgan fingerprint density at radius 1 is 1.00 bits per heavy atom. The minimum atomic E-state index is -0.796. The Morgan fingerprint density at radius 3 is 2.26 bits per heavy atom. The maximum absolute atomic E-state index is 11.4. The molecule has 2 N–H and O–H groups in total. The average molecular weight is 256 g/mol. The van der Waals surface area contributed by atoms with E-state index < -0.39 is 17.8 Å². The number of hydrogen-bond acceptors (Lipinski definition) is 3. The van der Waals surface area contributed by atoms with Crippen LogP contribution in [0.4, 0.5) is 4.79 Å². The van der Waals surface area contributed by atoms with E-state index in [-0.39, 0.29) is 5.57 Å². The van der Waals surface area contributed by atoms with Crippen LogP contribution in [0.2, 0.25) is 0 Å². The van der Waals surface area contributed by atoms with Gasteiger partial charge in [0.1, 0.15) is 5.57 Å². The molecule has 96 valence electrons. The molecule has 1 fully saturated rings. The van der Waals surface area contributed by atoms with Gasteiger partial charge < -0.3 is 0 Å². The highest BCUT2D eigenvalue weighted by Crippen LogP contribution is 2.09. The van der Waals surface area contributed by atoms with Crippen LogP contribution in [0.15, 0.2) is 42.0 Å². The van der Waals surface area contributed by atoms with Crippen LogP contribution in [0.3, 0.4) is 0 Å². The highest BCUT2D eigenvalue weighted by Gasteiger charge is 2.26. The number of amides is 4. The molecule has 0 unspecified atom stereocenters. The third kappa shape index (κ3) is 2.95. The van der Waals surface area contributed by atoms with Crippen LogP contribution in [0.25, 0.3) is 6.08 Å². The van der Waals surface area contributed by atoms with Crippen LogP contribution < -0.4 is 10.6 Å². The van der Waals surface area contributed by atoms with Crippen LogP contribution >= 0.6 is 0 Å². The molecule has 5 heteroatoms. The Labute approximate surface area is 110 Å². The number of aryl methyl sites for hydroxylation is 1. The normalized spacial score (nSPS) is 15.4. The van der Waals surface area contributed by atoms with Crippen LogP contribution in [0.5, 0.6) is 0 Å². The Balaban J connectivity index is 2.18. The third-order valence-electron chi connectivity index (χ3n) is 2.67. The third-order valence-corrected chi connectivity index (χ3v) is 2.67. The molecule has 1 heterocycles. The lowest BCUT2D eigenvalue weighted by molar-refractivity contribution is -0.124. The van der Waals surface area contributed by atoms with Crippen molar-refractivity contribution in [1.82, 2.24) is 10.6 Å². The first-order valence-corrected chi connectivity index (χ1v) is 5.68. The maximum atomic E-state index is 11.4. The zero-order valence-corrected chi connectivity index (χ0v) is 10.3. The molecule has 0 atom stereocenters. The average Bonchev–Trinajstić information content (AvgIpc) is 2.34. The minimum absolute atomic E-state index is 0.0931. The number of benzene rings is 1. The van der Waals surface area contributed by atoms with Gasteiger partial charge in [-0.1, -0.05) is 36.4 Å². The number of carbonyl (C=O) groups is 3. The molecule has 4 amide bonds. The molecule has 19 heavy (non-hydrogen) atoms. The monoisotopic (exact) mass is 256 g/mol. The van der Waals surface area contributed by atoms with Crippen LogP contribution in [-0.4, -0.2) is 17.8 Å². The fourth-order valence-electron chi connectivity index (χ4n) is 1.65. The van der Waals surface area contributed by atoms with Gasteiger partial charge in [-0.25, -0.2) is 4.79 Å². The van der Waals surface area contributed by atoms with Gasteiger partial charge in [-0.3, -0.25) is 20.2 Å². The Kier molecular flexibility index (Phi) is 3.56. The number of carbonyl (C=O) groups excluding carboxylic acids is 3. The first kappa shape index (κ1) is 12.8. The molecule has 5 nitrogen and oxygen atoms in total. The number of urea groups is 1. The number of barbiturate groups is 1. The van der Waals surface area contributed by atoms with E-state index in [2.05, 4.69) is 0 Å². The fraction of sp³-hybridized carbons (Fsp3) is 0.0714. The molecule has 0 radical (unpaired) electrons. The number of imide groups is 2. The van der Waals surface area contributed by atoms with Gasteiger partial charge >= 0.3 is 6.03 Å². The van der Waals surface area contributed by atoms with Crippen molar-refractivity contribution in [3.8, 4) is 0 Å². The lowest BCUT2D eigenvalue weighted by atomic mass is 10.1. The van der Waals surface area contributed by atoms with E-state index in [4.69, 9.17) is 0 Å². The Hall–Kier alpha value is -2.69. The van der Waals surface area contributed by atoms with Crippen molar-refractivity contribution in [3.63, 3.8) is 0 Å². The van der Waals surface area contributed by atoms with Crippen molar-refractivity contribution in [2.75, 3.05) is 0 Å². The first-order valence-electron chi connectivity index (χ1n) is 5.68. The van der Waals surface area contributed by atoms with Gasteiger partial charge in [-0.2, -0.15) is 0 Å². The summed E-state index contributed by atoms with van der Waals surface area (Å²) in [6.45, 7) is 1.96. The summed E-state index contributed by atoms with van der Waals surface area (Å²) in [6, 6.07) is 6.92. The van der Waals surface area contributed by atoms with Gasteiger partial charge in [0.05, 0.1) is 0 Å². The van der Waals surface area contributed by atoms with E-state index in [1.807, 2.05) is 41.8 Å². The summed E-state index contributed by atoms with van der Waals surface area (Å²) in [5.74, 6) is -1.38. The van der Waals surface area contributed by atoms with E-state index in [0.717, 1.165) is 11.1 Å². The van der Waals surface area contributed by atoms with Gasteiger partial charge in [0.2, 0.25) is 0 Å². The molecule has 0 spiro atoms. The second kappa shape index (κ2) is 5.30. The second-order valence-electron chi connectivity index (χ2n) is 4.03. The second-order valence-corrected chi connectivity index (χ2v) is 4.03. The largest absolute Gasteiger partial charge is 0.328 e. The molecule has 1 aliphatic heterocycles. The molecule has 0 aromatic heterocycles. The zero-order valence-electron chi connectivity index (χ0n) is 10.3. The van der Waals surface area contributed by atoms with Crippen LogP contribution in [0, 0.1) is 6.92 Å². The summed E-state index contributed by atoms with van der Waals surface area (Å²) in [5, 5.41) is 4.02. The standard InChI is InChI=1S/C14H12N2O3/c1-9-5-2-3-6-10(9)7-4-8-11-12(17)15-14(19)16-13(11)18/h2-8H,1H3,(H2,15,16,17,18,19)/b7-4+. The fourth-order valence-corrected chi connectivity index (χ4v) is 1.65. The SMILES string of the molecule is Cc1ccccc1/C=C/C=C1C(=O)NC(=O)NC1=O. The summed E-state index contributed by atoms with van der Waals surface area (Å²) in [7, 11) is 0. The lowest BCUT2D eigenvalue weighted by Gasteiger charge is -2.13. The van der Waals surface area contributed by atoms with Crippen molar-refractivity contribution in [1.29, 1.82) is 0 Å². The first-order chi connectivity index (χ1) is 9.08. The number of hydrogen-bond donors (Lipinski definition) is 2. The van der Waals surface area contributed by atoms with Crippen LogP contribution in [-0.2, 0) is 9.59 Å². The maximum Gasteiger partial charge on any atom is 0.328 e. The van der Waals surface area contributed by atoms with Crippen molar-refractivity contribution < 1.29 is 14.4 Å². The van der Waals surface area contributed by atoms with E-state index in [1.165, 1.54) is 6.08 Å². The van der Waals surface area contributed by atoms with Crippen molar-refractivity contribution in [2.24, 2.45) is 0 Å². The number of nitrogens with one attached hydrogen (secondary N) is 2. The van der Waals surface area contributed by atoms with E-state index in [9.17, 15) is 14.4 Å². The molecule has 0 saturated carbocycles. The quantitative estimate of drug-likeness (QED) is 0.618. The molecule has 2 rings (SSSR count). The van der Waals surface area contributed by atoms with Crippen molar-refractivity contribution >= 4 is 23.9 Å². The van der Waals surface area contributed by atoms with Gasteiger partial charge in [0.25, 0.3) is 11.8 Å².